The van der Waals surface area contributed by atoms with Crippen molar-refractivity contribution in [2.45, 2.75) is 6.54 Å². The maximum atomic E-state index is 11.9. The van der Waals surface area contributed by atoms with Crippen LogP contribution < -0.4 is 4.68 Å². The molecular weight excluding hydrogens is 270 g/mol. The first-order valence-electron chi connectivity index (χ1n) is 5.36. The van der Waals surface area contributed by atoms with Gasteiger partial charge in [0.05, 0.1) is 4.92 Å². The van der Waals surface area contributed by atoms with Crippen molar-refractivity contribution in [3.8, 4) is 0 Å². The van der Waals surface area contributed by atoms with Gasteiger partial charge in [-0.25, -0.2) is 0 Å². The molecule has 96 valence electrons. The van der Waals surface area contributed by atoms with Crippen LogP contribution in [0, 0.1) is 10.1 Å². The minimum atomic E-state index is -0.512. The first kappa shape index (κ1) is 13.1. The van der Waals surface area contributed by atoms with Crippen molar-refractivity contribution in [2.75, 3.05) is 0 Å². The van der Waals surface area contributed by atoms with Crippen molar-refractivity contribution in [3.05, 3.63) is 63.4 Å². The molecule has 0 fully saturated rings. The minimum Gasteiger partial charge on any atom is -0.287 e. The molecule has 0 radical (unpaired) electrons. The van der Waals surface area contributed by atoms with Gasteiger partial charge >= 0.3 is 0 Å². The number of ketones is 1. The molecule has 0 aliphatic heterocycles. The summed E-state index contributed by atoms with van der Waals surface area (Å²) in [5.74, 6) is -0.199. The van der Waals surface area contributed by atoms with Crippen LogP contribution in [0.1, 0.15) is 10.4 Å². The van der Waals surface area contributed by atoms with Crippen molar-refractivity contribution < 1.29 is 14.4 Å². The first-order valence-corrected chi connectivity index (χ1v) is 5.74. The highest BCUT2D eigenvalue weighted by Gasteiger charge is 2.15. The summed E-state index contributed by atoms with van der Waals surface area (Å²) in [5.41, 5.74) is 0.338. The molecule has 0 aliphatic rings. The van der Waals surface area contributed by atoms with E-state index in [9.17, 15) is 14.9 Å². The van der Waals surface area contributed by atoms with E-state index in [2.05, 4.69) is 5.10 Å². The lowest BCUT2D eigenvalue weighted by Crippen LogP contribution is -2.41. The molecule has 1 aromatic carbocycles. The molecule has 0 bridgehead atoms. The van der Waals surface area contributed by atoms with E-state index in [1.807, 2.05) is 0 Å². The summed E-state index contributed by atoms with van der Waals surface area (Å²) in [6.45, 7) is 0.0262. The highest BCUT2D eigenvalue weighted by Crippen LogP contribution is 2.12. The molecule has 0 N–H and O–H groups in total. The molecule has 1 heterocycles. The smallest absolute Gasteiger partial charge is 0.269 e. The zero-order chi connectivity index (χ0) is 13.8. The van der Waals surface area contributed by atoms with E-state index in [-0.39, 0.29) is 18.0 Å². The fraction of sp³-hybridized carbons (Fsp3) is 0.0833. The second-order valence-electron chi connectivity index (χ2n) is 3.76. The summed E-state index contributed by atoms with van der Waals surface area (Å²) in [7, 11) is 0. The van der Waals surface area contributed by atoms with Crippen LogP contribution in [-0.2, 0) is 6.54 Å². The Balaban J connectivity index is 2.14. The normalized spacial score (nSPS) is 10.2. The Hall–Kier alpha value is -2.34. The van der Waals surface area contributed by atoms with Gasteiger partial charge in [-0.15, -0.1) is 0 Å². The lowest BCUT2D eigenvalue weighted by Gasteiger charge is -1.97. The molecule has 7 heteroatoms. The Morgan fingerprint density at radius 2 is 2.00 bits per heavy atom. The number of halogens is 1. The van der Waals surface area contributed by atoms with Gasteiger partial charge in [0, 0.05) is 28.9 Å². The van der Waals surface area contributed by atoms with Crippen LogP contribution in [0.25, 0.3) is 0 Å². The summed E-state index contributed by atoms with van der Waals surface area (Å²) in [6, 6.07) is 8.72. The van der Waals surface area contributed by atoms with Crippen LogP contribution in [0.4, 0.5) is 5.69 Å². The third-order valence-corrected chi connectivity index (χ3v) is 2.62. The molecule has 1 aromatic heterocycles. The van der Waals surface area contributed by atoms with Crippen molar-refractivity contribution in [2.24, 2.45) is 0 Å². The van der Waals surface area contributed by atoms with Gasteiger partial charge in [-0.1, -0.05) is 16.3 Å². The predicted molar refractivity (Wildman–Crippen MR) is 66.9 cm³/mol. The van der Waals surface area contributed by atoms with Crippen LogP contribution in [0.15, 0.2) is 42.6 Å². The van der Waals surface area contributed by atoms with Gasteiger partial charge in [-0.3, -0.25) is 14.9 Å². The van der Waals surface area contributed by atoms with Crippen LogP contribution in [0.5, 0.6) is 0 Å². The molecule has 0 saturated heterocycles. The summed E-state index contributed by atoms with van der Waals surface area (Å²) in [4.78, 5) is 21.9. The lowest BCUT2D eigenvalue weighted by molar-refractivity contribution is -0.741. The van der Waals surface area contributed by atoms with Gasteiger partial charge in [0.1, 0.15) is 0 Å². The molecule has 0 spiro atoms. The average Bonchev–Trinajstić information content (AvgIpc) is 2.39. The zero-order valence-corrected chi connectivity index (χ0v) is 10.4. The molecule has 0 saturated carbocycles. The third-order valence-electron chi connectivity index (χ3n) is 2.42. The Bertz CT molecular complexity index is 628. The van der Waals surface area contributed by atoms with Crippen molar-refractivity contribution >= 4 is 23.1 Å². The molecule has 19 heavy (non-hydrogen) atoms. The van der Waals surface area contributed by atoms with Crippen molar-refractivity contribution in [3.63, 3.8) is 0 Å². The van der Waals surface area contributed by atoms with E-state index in [0.717, 1.165) is 0 Å². The van der Waals surface area contributed by atoms with Gasteiger partial charge in [-0.05, 0) is 18.2 Å². The second kappa shape index (κ2) is 5.53. The summed E-state index contributed by atoms with van der Waals surface area (Å²) in [5, 5.41) is 14.7. The van der Waals surface area contributed by atoms with Crippen LogP contribution in [-0.4, -0.2) is 15.8 Å². The number of rotatable bonds is 4. The number of non-ortho nitro benzene ring substituents is 1. The number of benzene rings is 1. The fourth-order valence-electron chi connectivity index (χ4n) is 1.51. The topological polar surface area (TPSA) is 77.0 Å². The van der Waals surface area contributed by atoms with Crippen LogP contribution in [0.3, 0.4) is 0 Å². The predicted octanol–water partition coefficient (Wildman–Crippen LogP) is 1.81. The number of hydrogen-bond donors (Lipinski definition) is 0. The van der Waals surface area contributed by atoms with Gasteiger partial charge in [-0.2, -0.15) is 0 Å². The highest BCUT2D eigenvalue weighted by molar-refractivity contribution is 6.29. The summed E-state index contributed by atoms with van der Waals surface area (Å²) >= 11 is 5.71. The summed E-state index contributed by atoms with van der Waals surface area (Å²) < 4.78 is 1.41. The van der Waals surface area contributed by atoms with Gasteiger partial charge < -0.3 is 0 Å². The molecule has 0 amide bonds. The first-order chi connectivity index (χ1) is 9.06. The number of carbonyl (C=O) groups excluding carboxylic acids is 1. The Labute approximate surface area is 113 Å². The van der Waals surface area contributed by atoms with E-state index in [4.69, 9.17) is 11.6 Å². The third kappa shape index (κ3) is 3.32. The Kier molecular flexibility index (Phi) is 3.82. The molecule has 6 nitrogen and oxygen atoms in total. The zero-order valence-electron chi connectivity index (χ0n) is 9.69. The lowest BCUT2D eigenvalue weighted by atomic mass is 10.1. The number of aromatic nitrogens is 2. The monoisotopic (exact) mass is 278 g/mol. The van der Waals surface area contributed by atoms with E-state index >= 15 is 0 Å². The van der Waals surface area contributed by atoms with E-state index < -0.39 is 4.92 Å². The van der Waals surface area contributed by atoms with Gasteiger partial charge in [0.15, 0.2) is 11.3 Å². The number of nitrogens with zero attached hydrogens (tertiary/aromatic N) is 3. The Morgan fingerprint density at radius 1 is 1.32 bits per heavy atom. The van der Waals surface area contributed by atoms with E-state index in [1.165, 1.54) is 28.9 Å². The van der Waals surface area contributed by atoms with Crippen LogP contribution in [0.2, 0.25) is 5.15 Å². The number of nitro groups is 1. The van der Waals surface area contributed by atoms with Gasteiger partial charge in [0.2, 0.25) is 12.3 Å². The molecule has 0 unspecified atom stereocenters. The maximum Gasteiger partial charge on any atom is 0.269 e. The van der Waals surface area contributed by atoms with Crippen molar-refractivity contribution in [1.82, 2.24) is 5.10 Å². The molecule has 0 atom stereocenters. The Morgan fingerprint density at radius 3 is 2.58 bits per heavy atom. The molecular formula is C12H9ClN3O3+. The van der Waals surface area contributed by atoms with Gasteiger partial charge in [0.25, 0.3) is 5.69 Å². The largest absolute Gasteiger partial charge is 0.287 e. The number of carbonyl (C=O) groups is 1. The average molecular weight is 279 g/mol. The second-order valence-corrected chi connectivity index (χ2v) is 4.14. The summed E-state index contributed by atoms with van der Waals surface area (Å²) in [6.07, 6.45) is 1.62. The maximum absolute atomic E-state index is 11.9. The van der Waals surface area contributed by atoms with Crippen molar-refractivity contribution in [1.29, 1.82) is 0 Å². The quantitative estimate of drug-likeness (QED) is 0.370. The standard InChI is InChI=1S/C12H9ClN3O3/c13-12-2-1-7-15(14-12)8-11(17)9-3-5-10(6-4-9)16(18)19/h1-7H,8H2/q+1. The minimum absolute atomic E-state index is 0.0262. The number of Topliss-reactive ketones (excluding diaryl/α,β-unsaturated/α-hetero) is 1. The molecule has 2 rings (SSSR count). The van der Waals surface area contributed by atoms with E-state index in [1.54, 1.807) is 18.3 Å². The molecule has 0 aliphatic carbocycles. The fourth-order valence-corrected chi connectivity index (χ4v) is 1.68. The van der Waals surface area contributed by atoms with E-state index in [0.29, 0.717) is 10.7 Å². The van der Waals surface area contributed by atoms with Crippen LogP contribution >= 0.6 is 11.6 Å². The highest BCUT2D eigenvalue weighted by atomic mass is 35.5. The number of nitro benzene ring substituents is 1. The molecule has 2 aromatic rings. The SMILES string of the molecule is O=C(C[n+]1cccc(Cl)n1)c1ccc([N+](=O)[O-])cc1. The number of hydrogen-bond acceptors (Lipinski definition) is 4.